The van der Waals surface area contributed by atoms with Crippen LogP contribution in [0.25, 0.3) is 0 Å². The van der Waals surface area contributed by atoms with Crippen LogP contribution in [0.2, 0.25) is 0 Å². The van der Waals surface area contributed by atoms with Crippen molar-refractivity contribution in [3.63, 3.8) is 0 Å². The maximum atomic E-state index is 11.8. The molecule has 0 spiro atoms. The first-order chi connectivity index (χ1) is 11.0. The number of hydrogen-bond acceptors (Lipinski definition) is 4. The minimum atomic E-state index is -0.0507. The number of rotatable bonds is 7. The van der Waals surface area contributed by atoms with Gasteiger partial charge in [0.15, 0.2) is 5.96 Å². The minimum absolute atomic E-state index is 0. The maximum absolute atomic E-state index is 11.8. The fraction of sp³-hybridized carbons (Fsp3) is 0.882. The molecule has 1 aliphatic heterocycles. The molecule has 0 saturated carbocycles. The number of nitrogens with zero attached hydrogens (tertiary/aromatic N) is 3. The molecule has 1 heterocycles. The second-order valence-corrected chi connectivity index (χ2v) is 6.23. The Labute approximate surface area is 164 Å². The second-order valence-electron chi connectivity index (χ2n) is 6.23. The van der Waals surface area contributed by atoms with Crippen molar-refractivity contribution in [3.8, 4) is 0 Å². The van der Waals surface area contributed by atoms with Gasteiger partial charge in [0.2, 0.25) is 0 Å². The zero-order chi connectivity index (χ0) is 17.2. The fourth-order valence-corrected chi connectivity index (χ4v) is 2.80. The number of ether oxygens (including phenoxy) is 1. The van der Waals surface area contributed by atoms with Crippen LogP contribution in [-0.4, -0.2) is 74.7 Å². The van der Waals surface area contributed by atoms with Gasteiger partial charge in [-0.3, -0.25) is 9.79 Å². The van der Waals surface area contributed by atoms with Crippen molar-refractivity contribution in [1.29, 1.82) is 0 Å². The summed E-state index contributed by atoms with van der Waals surface area (Å²) in [4.78, 5) is 20.8. The topological polar surface area (TPSA) is 57.2 Å². The van der Waals surface area contributed by atoms with Gasteiger partial charge >= 0.3 is 5.97 Å². The molecule has 0 bridgehead atoms. The number of hydrogen-bond donors (Lipinski definition) is 1. The Morgan fingerprint density at radius 2 is 2.00 bits per heavy atom. The maximum Gasteiger partial charge on any atom is 0.309 e. The van der Waals surface area contributed by atoms with E-state index in [4.69, 9.17) is 4.74 Å². The fourth-order valence-electron chi connectivity index (χ4n) is 2.80. The lowest BCUT2D eigenvalue weighted by atomic mass is 9.97. The molecule has 1 unspecified atom stereocenters. The summed E-state index contributed by atoms with van der Waals surface area (Å²) in [5.74, 6) is 0.927. The number of likely N-dealkylation sites (N-methyl/N-ethyl adjacent to an activating group) is 1. The van der Waals surface area contributed by atoms with Gasteiger partial charge in [-0.25, -0.2) is 0 Å². The van der Waals surface area contributed by atoms with Crippen LogP contribution in [-0.2, 0) is 9.53 Å². The van der Waals surface area contributed by atoms with Crippen LogP contribution >= 0.6 is 24.0 Å². The van der Waals surface area contributed by atoms with E-state index in [2.05, 4.69) is 41.0 Å². The molecule has 0 radical (unpaired) electrons. The highest BCUT2D eigenvalue weighted by Gasteiger charge is 2.27. The number of guanidine groups is 1. The van der Waals surface area contributed by atoms with Gasteiger partial charge in [0.25, 0.3) is 0 Å². The average molecular weight is 454 g/mol. The normalized spacial score (nSPS) is 17.4. The summed E-state index contributed by atoms with van der Waals surface area (Å²) < 4.78 is 5.12. The van der Waals surface area contributed by atoms with Crippen molar-refractivity contribution in [1.82, 2.24) is 15.1 Å². The van der Waals surface area contributed by atoms with Crippen LogP contribution in [0.15, 0.2) is 4.99 Å². The summed E-state index contributed by atoms with van der Waals surface area (Å²) >= 11 is 0. The molecule has 0 aliphatic carbocycles. The molecular formula is C17H35IN4O2. The summed E-state index contributed by atoms with van der Waals surface area (Å²) in [5, 5.41) is 3.44. The van der Waals surface area contributed by atoms with E-state index in [0.717, 1.165) is 51.4 Å². The molecule has 0 aromatic rings. The monoisotopic (exact) mass is 454 g/mol. The minimum Gasteiger partial charge on any atom is -0.466 e. The summed E-state index contributed by atoms with van der Waals surface area (Å²) in [6.07, 6.45) is 2.84. The number of esters is 1. The van der Waals surface area contributed by atoms with Crippen LogP contribution in [0.3, 0.4) is 0 Å². The van der Waals surface area contributed by atoms with Crippen molar-refractivity contribution in [2.75, 3.05) is 46.9 Å². The first-order valence-corrected chi connectivity index (χ1v) is 8.85. The number of nitrogens with one attached hydrogen (secondary N) is 1. The van der Waals surface area contributed by atoms with E-state index >= 15 is 0 Å². The van der Waals surface area contributed by atoms with Crippen LogP contribution in [0.5, 0.6) is 0 Å². The Balaban J connectivity index is 0.00000529. The van der Waals surface area contributed by atoms with Gasteiger partial charge in [0.05, 0.1) is 12.5 Å². The smallest absolute Gasteiger partial charge is 0.309 e. The molecule has 1 aliphatic rings. The van der Waals surface area contributed by atoms with E-state index in [9.17, 15) is 4.79 Å². The molecule has 0 amide bonds. The molecule has 6 nitrogen and oxygen atoms in total. The Kier molecular flexibility index (Phi) is 12.4. The standard InChI is InChI=1S/C17H34N4O2.HI/c1-6-14(3)20(5)13-10-19-17(18-4)21-11-8-15(9-12-21)16(22)23-7-2;/h14-15H,6-13H2,1-5H3,(H,18,19);1H. The highest BCUT2D eigenvalue weighted by molar-refractivity contribution is 14.0. The average Bonchev–Trinajstić information content (AvgIpc) is 2.58. The molecule has 0 aromatic heterocycles. The Bertz CT molecular complexity index is 385. The van der Waals surface area contributed by atoms with E-state index in [0.29, 0.717) is 12.6 Å². The first kappa shape index (κ1) is 23.4. The quantitative estimate of drug-likeness (QED) is 0.277. The van der Waals surface area contributed by atoms with Crippen molar-refractivity contribution >= 4 is 35.9 Å². The molecule has 1 fully saturated rings. The summed E-state index contributed by atoms with van der Waals surface area (Å²) in [5.41, 5.74) is 0. The largest absolute Gasteiger partial charge is 0.466 e. The van der Waals surface area contributed by atoms with Gasteiger partial charge in [-0.2, -0.15) is 0 Å². The summed E-state index contributed by atoms with van der Waals surface area (Å²) in [7, 11) is 3.97. The van der Waals surface area contributed by atoms with E-state index in [1.165, 1.54) is 0 Å². The van der Waals surface area contributed by atoms with Crippen molar-refractivity contribution in [2.45, 2.75) is 46.1 Å². The van der Waals surface area contributed by atoms with Gasteiger partial charge in [-0.05, 0) is 40.2 Å². The third kappa shape index (κ3) is 7.55. The van der Waals surface area contributed by atoms with Gasteiger partial charge in [-0.15, -0.1) is 24.0 Å². The van der Waals surface area contributed by atoms with Gasteiger partial charge < -0.3 is 19.9 Å². The molecule has 1 saturated heterocycles. The molecule has 1 rings (SSSR count). The van der Waals surface area contributed by atoms with E-state index in [1.807, 2.05) is 14.0 Å². The number of carbonyl (C=O) groups excluding carboxylic acids is 1. The lowest BCUT2D eigenvalue weighted by molar-refractivity contribution is -0.149. The number of piperidine rings is 1. The molecule has 1 N–H and O–H groups in total. The highest BCUT2D eigenvalue weighted by Crippen LogP contribution is 2.18. The second kappa shape index (κ2) is 12.7. The van der Waals surface area contributed by atoms with Gasteiger partial charge in [0, 0.05) is 39.3 Å². The van der Waals surface area contributed by atoms with Crippen LogP contribution in [0, 0.1) is 5.92 Å². The first-order valence-electron chi connectivity index (χ1n) is 8.85. The lowest BCUT2D eigenvalue weighted by Gasteiger charge is -2.33. The molecular weight excluding hydrogens is 419 g/mol. The van der Waals surface area contributed by atoms with Crippen LogP contribution < -0.4 is 5.32 Å². The van der Waals surface area contributed by atoms with Crippen molar-refractivity contribution in [3.05, 3.63) is 0 Å². The predicted molar refractivity (Wildman–Crippen MR) is 110 cm³/mol. The van der Waals surface area contributed by atoms with Gasteiger partial charge in [-0.1, -0.05) is 6.92 Å². The van der Waals surface area contributed by atoms with Crippen LogP contribution in [0.4, 0.5) is 0 Å². The number of aliphatic imine (C=N–C) groups is 1. The van der Waals surface area contributed by atoms with E-state index < -0.39 is 0 Å². The Morgan fingerprint density at radius 3 is 2.50 bits per heavy atom. The zero-order valence-corrected chi connectivity index (χ0v) is 18.2. The van der Waals surface area contributed by atoms with Crippen molar-refractivity contribution in [2.24, 2.45) is 10.9 Å². The summed E-state index contributed by atoms with van der Waals surface area (Å²) in [6, 6.07) is 0.596. The van der Waals surface area contributed by atoms with E-state index in [1.54, 1.807) is 0 Å². The number of carbonyl (C=O) groups is 1. The molecule has 24 heavy (non-hydrogen) atoms. The predicted octanol–water partition coefficient (Wildman–Crippen LogP) is 2.19. The Morgan fingerprint density at radius 1 is 1.38 bits per heavy atom. The lowest BCUT2D eigenvalue weighted by Crippen LogP contribution is -2.48. The molecule has 7 heteroatoms. The van der Waals surface area contributed by atoms with E-state index in [-0.39, 0.29) is 35.9 Å². The third-order valence-electron chi connectivity index (χ3n) is 4.72. The molecule has 142 valence electrons. The Hall–Kier alpha value is -0.570. The number of likely N-dealkylation sites (tertiary alicyclic amines) is 1. The SMILES string of the molecule is CCOC(=O)C1CCN(C(=NC)NCCN(C)C(C)CC)CC1.I. The number of halogens is 1. The molecule has 1 atom stereocenters. The van der Waals surface area contributed by atoms with Gasteiger partial charge in [0.1, 0.15) is 0 Å². The van der Waals surface area contributed by atoms with Crippen LogP contribution in [0.1, 0.15) is 40.0 Å². The molecule has 0 aromatic carbocycles. The zero-order valence-electron chi connectivity index (χ0n) is 15.9. The third-order valence-corrected chi connectivity index (χ3v) is 4.72. The highest BCUT2D eigenvalue weighted by atomic mass is 127. The summed E-state index contributed by atoms with van der Waals surface area (Å²) in [6.45, 7) is 10.4. The van der Waals surface area contributed by atoms with Crippen molar-refractivity contribution < 1.29 is 9.53 Å².